The van der Waals surface area contributed by atoms with Crippen molar-refractivity contribution in [3.63, 3.8) is 0 Å². The van der Waals surface area contributed by atoms with Crippen molar-refractivity contribution in [2.75, 3.05) is 25.0 Å². The van der Waals surface area contributed by atoms with E-state index in [0.29, 0.717) is 39.0 Å². The quantitative estimate of drug-likeness (QED) is 0.397. The van der Waals surface area contributed by atoms with E-state index in [4.69, 9.17) is 16.3 Å². The lowest BCUT2D eigenvalue weighted by Gasteiger charge is -2.33. The first kappa shape index (κ1) is 25.1. The van der Waals surface area contributed by atoms with Crippen LogP contribution in [0, 0.1) is 0 Å². The highest BCUT2D eigenvalue weighted by Crippen LogP contribution is 2.36. The second-order valence-corrected chi connectivity index (χ2v) is 9.28. The van der Waals surface area contributed by atoms with Gasteiger partial charge in [-0.3, -0.25) is 14.5 Å². The number of nitrogens with one attached hydrogen (secondary N) is 2. The Labute approximate surface area is 225 Å². The van der Waals surface area contributed by atoms with Crippen molar-refractivity contribution in [3.05, 3.63) is 113 Å². The molecule has 2 heterocycles. The highest BCUT2D eigenvalue weighted by Gasteiger charge is 2.44. The number of halogens is 1. The van der Waals surface area contributed by atoms with E-state index in [1.54, 1.807) is 54.6 Å². The molecule has 0 saturated carbocycles. The fourth-order valence-corrected chi connectivity index (χ4v) is 4.74. The first-order valence-corrected chi connectivity index (χ1v) is 12.4. The summed E-state index contributed by atoms with van der Waals surface area (Å²) in [7, 11) is 0. The predicted molar refractivity (Wildman–Crippen MR) is 145 cm³/mol. The second-order valence-electron chi connectivity index (χ2n) is 8.85. The molecule has 2 aliphatic rings. The van der Waals surface area contributed by atoms with Gasteiger partial charge in [0.25, 0.3) is 5.91 Å². The molecule has 38 heavy (non-hydrogen) atoms. The number of carbonyl (C=O) groups excluding carboxylic acids is 3. The molecule has 2 aliphatic heterocycles. The Morgan fingerprint density at radius 1 is 1.05 bits per heavy atom. The van der Waals surface area contributed by atoms with Crippen LogP contribution in [0.1, 0.15) is 11.6 Å². The molecule has 2 N–H and O–H groups in total. The molecule has 8 nitrogen and oxygen atoms in total. The number of benzene rings is 3. The third kappa shape index (κ3) is 5.26. The minimum Gasteiger partial charge on any atom is -0.457 e. The van der Waals surface area contributed by atoms with Crippen LogP contribution in [0.2, 0.25) is 5.02 Å². The summed E-state index contributed by atoms with van der Waals surface area (Å²) in [4.78, 5) is 42.2. The van der Waals surface area contributed by atoms with Gasteiger partial charge in [0.05, 0.1) is 23.9 Å². The van der Waals surface area contributed by atoms with Crippen molar-refractivity contribution in [3.8, 4) is 11.5 Å². The molecule has 0 saturated heterocycles. The smallest absolute Gasteiger partial charge is 0.322 e. The third-order valence-corrected chi connectivity index (χ3v) is 6.48. The molecule has 0 spiro atoms. The maximum atomic E-state index is 13.5. The van der Waals surface area contributed by atoms with Crippen LogP contribution in [-0.4, -0.2) is 47.3 Å². The van der Waals surface area contributed by atoms with Crippen molar-refractivity contribution in [2.24, 2.45) is 0 Å². The molecule has 0 radical (unpaired) electrons. The second kappa shape index (κ2) is 10.8. The molecule has 3 aromatic rings. The normalized spacial score (nSPS) is 16.7. The Hall–Kier alpha value is -4.56. The SMILES string of the molecule is C=CCN1C(=O)NC(c2cccc(Cl)c2)C2=C1CN(CC(=O)Nc1ccc(Oc3ccccc3)cc1)C2=O. The fraction of sp³-hybridized carbons (Fsp3) is 0.138. The zero-order valence-electron chi connectivity index (χ0n) is 20.4. The first-order chi connectivity index (χ1) is 18.4. The van der Waals surface area contributed by atoms with E-state index in [0.717, 1.165) is 0 Å². The Balaban J connectivity index is 1.29. The van der Waals surface area contributed by atoms with Crippen LogP contribution in [0.4, 0.5) is 10.5 Å². The first-order valence-electron chi connectivity index (χ1n) is 12.0. The maximum Gasteiger partial charge on any atom is 0.322 e. The number of para-hydroxylation sites is 1. The average molecular weight is 529 g/mol. The molecule has 0 fully saturated rings. The summed E-state index contributed by atoms with van der Waals surface area (Å²) in [5.41, 5.74) is 2.23. The summed E-state index contributed by atoms with van der Waals surface area (Å²) in [6.45, 7) is 3.91. The van der Waals surface area contributed by atoms with Crippen LogP contribution in [0.5, 0.6) is 11.5 Å². The molecule has 4 amide bonds. The topological polar surface area (TPSA) is 91.0 Å². The van der Waals surface area contributed by atoms with Crippen LogP contribution < -0.4 is 15.4 Å². The van der Waals surface area contributed by atoms with E-state index in [2.05, 4.69) is 17.2 Å². The summed E-state index contributed by atoms with van der Waals surface area (Å²) in [5.74, 6) is 0.666. The standard InChI is InChI=1S/C29H25ClN4O4/c1-2-15-34-24-17-33(28(36)26(24)27(32-29(34)37)19-7-6-8-20(30)16-19)18-25(35)31-21-11-13-23(14-12-21)38-22-9-4-3-5-10-22/h2-14,16,27H,1,15,17-18H2,(H,31,35)(H,32,37). The number of anilines is 1. The van der Waals surface area contributed by atoms with Gasteiger partial charge < -0.3 is 20.3 Å². The average Bonchev–Trinajstić information content (AvgIpc) is 3.22. The molecular weight excluding hydrogens is 504 g/mol. The summed E-state index contributed by atoms with van der Waals surface area (Å²) in [6, 6.07) is 22.4. The van der Waals surface area contributed by atoms with Crippen molar-refractivity contribution in [1.82, 2.24) is 15.1 Å². The van der Waals surface area contributed by atoms with Crippen molar-refractivity contribution >= 4 is 35.1 Å². The number of hydrogen-bond donors (Lipinski definition) is 2. The molecule has 5 rings (SSSR count). The van der Waals surface area contributed by atoms with Gasteiger partial charge in [-0.15, -0.1) is 6.58 Å². The van der Waals surface area contributed by atoms with Gasteiger partial charge in [-0.05, 0) is 54.1 Å². The predicted octanol–water partition coefficient (Wildman–Crippen LogP) is 5.12. The Morgan fingerprint density at radius 3 is 2.50 bits per heavy atom. The lowest BCUT2D eigenvalue weighted by Crippen LogP contribution is -2.47. The van der Waals surface area contributed by atoms with Crippen LogP contribution in [0.25, 0.3) is 0 Å². The van der Waals surface area contributed by atoms with Gasteiger partial charge in [-0.25, -0.2) is 4.79 Å². The number of hydrogen-bond acceptors (Lipinski definition) is 4. The number of amides is 4. The van der Waals surface area contributed by atoms with E-state index < -0.39 is 6.04 Å². The van der Waals surface area contributed by atoms with Crippen LogP contribution in [0.15, 0.2) is 103 Å². The van der Waals surface area contributed by atoms with Crippen LogP contribution in [-0.2, 0) is 9.59 Å². The molecule has 0 aromatic heterocycles. The lowest BCUT2D eigenvalue weighted by molar-refractivity contribution is -0.130. The lowest BCUT2D eigenvalue weighted by atomic mass is 9.95. The summed E-state index contributed by atoms with van der Waals surface area (Å²) < 4.78 is 5.78. The zero-order chi connectivity index (χ0) is 26.6. The Kier molecular flexibility index (Phi) is 7.15. The Morgan fingerprint density at radius 2 is 1.79 bits per heavy atom. The molecule has 0 aliphatic carbocycles. The third-order valence-electron chi connectivity index (χ3n) is 6.24. The van der Waals surface area contributed by atoms with Crippen molar-refractivity contribution < 1.29 is 19.1 Å². The largest absolute Gasteiger partial charge is 0.457 e. The van der Waals surface area contributed by atoms with Crippen LogP contribution in [0.3, 0.4) is 0 Å². The van der Waals surface area contributed by atoms with Gasteiger partial charge in [0.2, 0.25) is 5.91 Å². The Bertz CT molecular complexity index is 1420. The number of nitrogens with zero attached hydrogens (tertiary/aromatic N) is 2. The molecule has 192 valence electrons. The minimum absolute atomic E-state index is 0.129. The van der Waals surface area contributed by atoms with Gasteiger partial charge >= 0.3 is 6.03 Å². The summed E-state index contributed by atoms with van der Waals surface area (Å²) in [5, 5.41) is 6.21. The van der Waals surface area contributed by atoms with E-state index in [9.17, 15) is 14.4 Å². The number of urea groups is 1. The molecular formula is C29H25ClN4O4. The van der Waals surface area contributed by atoms with Crippen molar-refractivity contribution in [1.29, 1.82) is 0 Å². The number of ether oxygens (including phenoxy) is 1. The maximum absolute atomic E-state index is 13.5. The minimum atomic E-state index is -0.671. The monoisotopic (exact) mass is 528 g/mol. The molecule has 1 atom stereocenters. The number of rotatable bonds is 8. The zero-order valence-corrected chi connectivity index (χ0v) is 21.1. The van der Waals surface area contributed by atoms with Gasteiger partial charge in [-0.2, -0.15) is 0 Å². The highest BCUT2D eigenvalue weighted by molar-refractivity contribution is 6.30. The summed E-state index contributed by atoms with van der Waals surface area (Å²) >= 11 is 6.17. The molecule has 9 heteroatoms. The van der Waals surface area contributed by atoms with E-state index in [-0.39, 0.29) is 37.5 Å². The van der Waals surface area contributed by atoms with Crippen molar-refractivity contribution in [2.45, 2.75) is 6.04 Å². The van der Waals surface area contributed by atoms with Gasteiger partial charge in [0.1, 0.15) is 18.0 Å². The van der Waals surface area contributed by atoms with Gasteiger partial charge in [0, 0.05) is 17.3 Å². The van der Waals surface area contributed by atoms with E-state index in [1.807, 2.05) is 30.3 Å². The number of carbonyl (C=O) groups is 3. The highest BCUT2D eigenvalue weighted by atomic mass is 35.5. The van der Waals surface area contributed by atoms with E-state index in [1.165, 1.54) is 9.80 Å². The molecule has 0 bridgehead atoms. The van der Waals surface area contributed by atoms with Gasteiger partial charge in [-0.1, -0.05) is 48.0 Å². The van der Waals surface area contributed by atoms with E-state index >= 15 is 0 Å². The van der Waals surface area contributed by atoms with Crippen LogP contribution >= 0.6 is 11.6 Å². The van der Waals surface area contributed by atoms with Gasteiger partial charge in [0.15, 0.2) is 0 Å². The summed E-state index contributed by atoms with van der Waals surface area (Å²) in [6.07, 6.45) is 1.59. The fourth-order valence-electron chi connectivity index (χ4n) is 4.54. The molecule has 1 unspecified atom stereocenters. The molecule has 3 aromatic carbocycles.